The van der Waals surface area contributed by atoms with Crippen molar-refractivity contribution in [3.8, 4) is 0 Å². The molecule has 1 heterocycles. The van der Waals surface area contributed by atoms with Crippen LogP contribution in [0.4, 0.5) is 10.5 Å². The summed E-state index contributed by atoms with van der Waals surface area (Å²) in [7, 11) is 1.62. The molecule has 6 nitrogen and oxygen atoms in total. The van der Waals surface area contributed by atoms with Gasteiger partial charge in [0, 0.05) is 43.7 Å². The number of benzene rings is 1. The van der Waals surface area contributed by atoms with E-state index in [9.17, 15) is 9.59 Å². The molecule has 0 spiro atoms. The summed E-state index contributed by atoms with van der Waals surface area (Å²) in [6, 6.07) is 7.82. The van der Waals surface area contributed by atoms with Crippen molar-refractivity contribution < 1.29 is 14.3 Å². The predicted octanol–water partition coefficient (Wildman–Crippen LogP) is 3.20. The minimum Gasteiger partial charge on any atom is -0.383 e. The quantitative estimate of drug-likeness (QED) is 0.537. The van der Waals surface area contributed by atoms with Crippen LogP contribution >= 0.6 is 11.8 Å². The average molecular weight is 380 g/mol. The maximum atomic E-state index is 12.4. The molecule has 0 unspecified atom stereocenters. The zero-order valence-electron chi connectivity index (χ0n) is 15.6. The van der Waals surface area contributed by atoms with Gasteiger partial charge in [0.15, 0.2) is 0 Å². The number of hydrogen-bond donors (Lipinski definition) is 2. The number of anilines is 1. The smallest absolute Gasteiger partial charge is 0.321 e. The van der Waals surface area contributed by atoms with Crippen LogP contribution in [0, 0.1) is 5.92 Å². The fourth-order valence-electron chi connectivity index (χ4n) is 3.02. The Balaban J connectivity index is 1.67. The molecule has 0 radical (unpaired) electrons. The fourth-order valence-corrected chi connectivity index (χ4v) is 3.43. The maximum Gasteiger partial charge on any atom is 0.321 e. The van der Waals surface area contributed by atoms with Crippen LogP contribution in [0.1, 0.15) is 25.7 Å². The van der Waals surface area contributed by atoms with Gasteiger partial charge in [0.2, 0.25) is 5.91 Å². The lowest BCUT2D eigenvalue weighted by molar-refractivity contribution is -0.121. The van der Waals surface area contributed by atoms with Crippen LogP contribution < -0.4 is 10.6 Å². The van der Waals surface area contributed by atoms with Gasteiger partial charge in [-0.05, 0) is 55.7 Å². The zero-order valence-corrected chi connectivity index (χ0v) is 16.4. The number of amides is 3. The number of rotatable bonds is 8. The minimum absolute atomic E-state index is 0.0438. The molecule has 1 aromatic rings. The number of thioether (sulfide) groups is 1. The third-order valence-electron chi connectivity index (χ3n) is 4.65. The lowest BCUT2D eigenvalue weighted by Crippen LogP contribution is -2.41. The van der Waals surface area contributed by atoms with Crippen molar-refractivity contribution in [2.24, 2.45) is 5.92 Å². The fraction of sp³-hybridized carbons (Fsp3) is 0.579. The second-order valence-corrected chi connectivity index (χ2v) is 7.35. The van der Waals surface area contributed by atoms with Gasteiger partial charge in [-0.1, -0.05) is 0 Å². The summed E-state index contributed by atoms with van der Waals surface area (Å²) in [5.74, 6) is 0.587. The molecular weight excluding hydrogens is 350 g/mol. The third kappa shape index (κ3) is 6.88. The van der Waals surface area contributed by atoms with Crippen LogP contribution in [-0.4, -0.2) is 56.4 Å². The van der Waals surface area contributed by atoms with E-state index in [0.29, 0.717) is 25.5 Å². The Morgan fingerprint density at radius 3 is 2.54 bits per heavy atom. The second-order valence-electron chi connectivity index (χ2n) is 6.47. The molecule has 26 heavy (non-hydrogen) atoms. The van der Waals surface area contributed by atoms with Crippen LogP contribution in [0.2, 0.25) is 0 Å². The molecule has 7 heteroatoms. The first-order chi connectivity index (χ1) is 12.6. The van der Waals surface area contributed by atoms with Gasteiger partial charge >= 0.3 is 6.03 Å². The van der Waals surface area contributed by atoms with E-state index in [4.69, 9.17) is 4.74 Å². The first-order valence-electron chi connectivity index (χ1n) is 9.08. The summed E-state index contributed by atoms with van der Waals surface area (Å²) in [5, 5.41) is 5.80. The Bertz CT molecular complexity index is 572. The Morgan fingerprint density at radius 1 is 1.23 bits per heavy atom. The topological polar surface area (TPSA) is 70.7 Å². The van der Waals surface area contributed by atoms with Gasteiger partial charge < -0.3 is 20.3 Å². The predicted molar refractivity (Wildman–Crippen MR) is 106 cm³/mol. The summed E-state index contributed by atoms with van der Waals surface area (Å²) in [4.78, 5) is 27.1. The third-order valence-corrected chi connectivity index (χ3v) is 5.39. The van der Waals surface area contributed by atoms with E-state index in [1.807, 2.05) is 35.4 Å². The van der Waals surface area contributed by atoms with Gasteiger partial charge in [-0.2, -0.15) is 0 Å². The molecule has 0 saturated carbocycles. The molecule has 3 amide bonds. The van der Waals surface area contributed by atoms with Crippen molar-refractivity contribution >= 4 is 29.4 Å². The Labute approximate surface area is 160 Å². The van der Waals surface area contributed by atoms with E-state index in [1.54, 1.807) is 18.9 Å². The van der Waals surface area contributed by atoms with Gasteiger partial charge in [0.05, 0.1) is 6.61 Å². The summed E-state index contributed by atoms with van der Waals surface area (Å²) >= 11 is 1.68. The van der Waals surface area contributed by atoms with Crippen LogP contribution in [0.15, 0.2) is 29.2 Å². The van der Waals surface area contributed by atoms with Crippen molar-refractivity contribution in [3.63, 3.8) is 0 Å². The van der Waals surface area contributed by atoms with Gasteiger partial charge in [0.1, 0.15) is 0 Å². The molecule has 2 rings (SSSR count). The van der Waals surface area contributed by atoms with Gasteiger partial charge in [-0.15, -0.1) is 11.8 Å². The second kappa shape index (κ2) is 11.1. The van der Waals surface area contributed by atoms with Crippen molar-refractivity contribution in [2.45, 2.75) is 30.6 Å². The highest BCUT2D eigenvalue weighted by Gasteiger charge is 2.23. The number of ether oxygens (including phenoxy) is 1. The van der Waals surface area contributed by atoms with E-state index in [1.165, 1.54) is 4.90 Å². The van der Waals surface area contributed by atoms with E-state index >= 15 is 0 Å². The lowest BCUT2D eigenvalue weighted by Gasteiger charge is -2.32. The first-order valence-corrected chi connectivity index (χ1v) is 10.3. The van der Waals surface area contributed by atoms with Crippen molar-refractivity contribution in [1.82, 2.24) is 10.2 Å². The molecule has 0 atom stereocenters. The molecule has 144 valence electrons. The number of methoxy groups -OCH3 is 1. The lowest BCUT2D eigenvalue weighted by atomic mass is 9.92. The molecule has 1 saturated heterocycles. The molecule has 1 aliphatic heterocycles. The number of hydrogen-bond acceptors (Lipinski definition) is 4. The van der Waals surface area contributed by atoms with E-state index in [0.717, 1.165) is 38.0 Å². The van der Waals surface area contributed by atoms with Crippen molar-refractivity contribution in [2.75, 3.05) is 44.9 Å². The molecule has 0 aliphatic carbocycles. The molecule has 0 aromatic heterocycles. The average Bonchev–Trinajstić information content (AvgIpc) is 2.67. The largest absolute Gasteiger partial charge is 0.383 e. The number of nitrogens with one attached hydrogen (secondary N) is 2. The number of carbonyl (C=O) groups is 2. The zero-order chi connectivity index (χ0) is 18.8. The highest BCUT2D eigenvalue weighted by atomic mass is 32.2. The van der Waals surface area contributed by atoms with Gasteiger partial charge in [-0.3, -0.25) is 4.79 Å². The summed E-state index contributed by atoms with van der Waals surface area (Å²) in [6.45, 7) is 2.58. The Hall–Kier alpha value is -1.73. The number of carbonyl (C=O) groups excluding carboxylic acids is 2. The first kappa shape index (κ1) is 20.6. The Kier molecular flexibility index (Phi) is 8.77. The van der Waals surface area contributed by atoms with Crippen molar-refractivity contribution in [1.29, 1.82) is 0 Å². The number of likely N-dealkylation sites (tertiary alicyclic amines) is 1. The van der Waals surface area contributed by atoms with Crippen LogP contribution in [0.25, 0.3) is 0 Å². The summed E-state index contributed by atoms with van der Waals surface area (Å²) in [5.41, 5.74) is 0.822. The number of piperidine rings is 1. The maximum absolute atomic E-state index is 12.4. The molecule has 1 fully saturated rings. The van der Waals surface area contributed by atoms with E-state index in [2.05, 4.69) is 10.6 Å². The van der Waals surface area contributed by atoms with Crippen LogP contribution in [-0.2, 0) is 9.53 Å². The van der Waals surface area contributed by atoms with Gasteiger partial charge in [-0.25, -0.2) is 4.79 Å². The molecule has 1 aliphatic rings. The van der Waals surface area contributed by atoms with Crippen LogP contribution in [0.3, 0.4) is 0 Å². The highest BCUT2D eigenvalue weighted by Crippen LogP contribution is 2.23. The molecule has 0 bridgehead atoms. The monoisotopic (exact) mass is 379 g/mol. The minimum atomic E-state index is -0.0438. The SMILES string of the molecule is COCCNC(=O)CCC1CCN(C(=O)Nc2ccc(SC)cc2)CC1. The standard InChI is InChI=1S/C19H29N3O3S/c1-25-14-11-20-18(23)8-3-15-9-12-22(13-10-15)19(24)21-16-4-6-17(26-2)7-5-16/h4-7,15H,3,8-14H2,1-2H3,(H,20,23)(H,21,24). The van der Waals surface area contributed by atoms with E-state index < -0.39 is 0 Å². The van der Waals surface area contributed by atoms with E-state index in [-0.39, 0.29) is 11.9 Å². The molecule has 2 N–H and O–H groups in total. The number of nitrogens with zero attached hydrogens (tertiary/aromatic N) is 1. The summed E-state index contributed by atoms with van der Waals surface area (Å²) in [6.07, 6.45) is 5.35. The Morgan fingerprint density at radius 2 is 1.92 bits per heavy atom. The molecule has 1 aromatic carbocycles. The normalized spacial score (nSPS) is 14.9. The van der Waals surface area contributed by atoms with Crippen LogP contribution in [0.5, 0.6) is 0 Å². The van der Waals surface area contributed by atoms with Gasteiger partial charge in [0.25, 0.3) is 0 Å². The highest BCUT2D eigenvalue weighted by molar-refractivity contribution is 7.98. The summed E-state index contributed by atoms with van der Waals surface area (Å²) < 4.78 is 4.92. The van der Waals surface area contributed by atoms with Crippen molar-refractivity contribution in [3.05, 3.63) is 24.3 Å². The molecular formula is C19H29N3O3S. The number of urea groups is 1.